The Kier molecular flexibility index (Phi) is 6.82. The number of carboxylic acid groups (broad SMARTS) is 1. The summed E-state index contributed by atoms with van der Waals surface area (Å²) in [6, 6.07) is 5.97. The number of hydrogen-bond acceptors (Lipinski definition) is 5. The quantitative estimate of drug-likeness (QED) is 0.671. The zero-order chi connectivity index (χ0) is 19.2. The first-order valence-electron chi connectivity index (χ1n) is 9.71. The van der Waals surface area contributed by atoms with Crippen LogP contribution in [0.2, 0.25) is 0 Å². The van der Waals surface area contributed by atoms with Gasteiger partial charge in [-0.15, -0.1) is 0 Å². The van der Waals surface area contributed by atoms with Crippen LogP contribution in [0.3, 0.4) is 0 Å². The van der Waals surface area contributed by atoms with Crippen LogP contribution < -0.4 is 10.6 Å². The van der Waals surface area contributed by atoms with Crippen LogP contribution in [0, 0.1) is 0 Å². The minimum absolute atomic E-state index is 0.00715. The van der Waals surface area contributed by atoms with Crippen LogP contribution >= 0.6 is 0 Å². The van der Waals surface area contributed by atoms with Crippen LogP contribution in [-0.2, 0) is 27.3 Å². The number of rotatable bonds is 7. The molecule has 2 aliphatic rings. The van der Waals surface area contributed by atoms with E-state index in [-0.39, 0.29) is 31.1 Å². The monoisotopic (exact) mass is 375 g/mol. The van der Waals surface area contributed by atoms with Gasteiger partial charge in [0, 0.05) is 24.8 Å². The van der Waals surface area contributed by atoms with Crippen LogP contribution in [0.15, 0.2) is 18.2 Å². The molecule has 1 saturated heterocycles. The molecule has 0 aromatic heterocycles. The molecular weight excluding hydrogens is 346 g/mol. The fourth-order valence-corrected chi connectivity index (χ4v) is 3.77. The maximum atomic E-state index is 12.2. The molecule has 1 fully saturated rings. The van der Waals surface area contributed by atoms with Crippen molar-refractivity contribution in [1.82, 2.24) is 10.2 Å². The lowest BCUT2D eigenvalue weighted by molar-refractivity contribution is -0.138. The Morgan fingerprint density at radius 2 is 2.11 bits per heavy atom. The molecule has 1 unspecified atom stereocenters. The first kappa shape index (κ1) is 19.8. The normalized spacial score (nSPS) is 19.3. The Hall–Kier alpha value is -1.96. The highest BCUT2D eigenvalue weighted by molar-refractivity contribution is 5.91. The van der Waals surface area contributed by atoms with Gasteiger partial charge in [0.25, 0.3) is 0 Å². The van der Waals surface area contributed by atoms with Gasteiger partial charge in [-0.2, -0.15) is 0 Å². The summed E-state index contributed by atoms with van der Waals surface area (Å²) in [4.78, 5) is 25.3. The molecule has 148 valence electrons. The third-order valence-electron chi connectivity index (χ3n) is 5.36. The van der Waals surface area contributed by atoms with E-state index < -0.39 is 5.97 Å². The third kappa shape index (κ3) is 5.76. The molecule has 7 heteroatoms. The maximum Gasteiger partial charge on any atom is 0.304 e. The van der Waals surface area contributed by atoms with Gasteiger partial charge in [-0.1, -0.05) is 6.07 Å². The van der Waals surface area contributed by atoms with Crippen molar-refractivity contribution in [3.05, 3.63) is 29.3 Å². The minimum Gasteiger partial charge on any atom is -0.481 e. The second-order valence-corrected chi connectivity index (χ2v) is 7.46. The number of anilines is 1. The summed E-state index contributed by atoms with van der Waals surface area (Å²) in [6.07, 6.45) is 3.07. The average Bonchev–Trinajstić information content (AvgIpc) is 2.66. The molecule has 0 radical (unpaired) electrons. The first-order chi connectivity index (χ1) is 13.0. The zero-order valence-corrected chi connectivity index (χ0v) is 15.9. The van der Waals surface area contributed by atoms with Crippen molar-refractivity contribution < 1.29 is 19.4 Å². The van der Waals surface area contributed by atoms with Gasteiger partial charge in [-0.25, -0.2) is 0 Å². The van der Waals surface area contributed by atoms with Gasteiger partial charge in [0.15, 0.2) is 0 Å². The van der Waals surface area contributed by atoms with Gasteiger partial charge in [0.05, 0.1) is 12.5 Å². The van der Waals surface area contributed by atoms with E-state index in [9.17, 15) is 9.59 Å². The van der Waals surface area contributed by atoms with E-state index in [1.54, 1.807) is 0 Å². The van der Waals surface area contributed by atoms with Crippen LogP contribution in [0.1, 0.15) is 37.3 Å². The van der Waals surface area contributed by atoms with Crippen molar-refractivity contribution in [3.63, 3.8) is 0 Å². The Bertz CT molecular complexity index is 673. The molecule has 3 N–H and O–H groups in total. The number of piperidine rings is 1. The van der Waals surface area contributed by atoms with Crippen molar-refractivity contribution in [1.29, 1.82) is 0 Å². The minimum atomic E-state index is -0.775. The summed E-state index contributed by atoms with van der Waals surface area (Å²) in [6.45, 7) is 5.46. The van der Waals surface area contributed by atoms with Gasteiger partial charge in [-0.3, -0.25) is 14.5 Å². The summed E-state index contributed by atoms with van der Waals surface area (Å²) in [5, 5.41) is 15.2. The largest absolute Gasteiger partial charge is 0.481 e. The van der Waals surface area contributed by atoms with E-state index in [0.29, 0.717) is 6.54 Å². The molecule has 0 spiro atoms. The SMILES string of the molecule is CC(CC(=O)O)N1CCc2ccc(NC(=O)COC3CCNCC3)cc2C1. The molecule has 2 aliphatic heterocycles. The second-order valence-electron chi connectivity index (χ2n) is 7.46. The molecule has 3 rings (SSSR count). The molecule has 1 aromatic rings. The average molecular weight is 375 g/mol. The molecule has 7 nitrogen and oxygen atoms in total. The van der Waals surface area contributed by atoms with E-state index in [2.05, 4.69) is 21.6 Å². The number of hydrogen-bond donors (Lipinski definition) is 3. The van der Waals surface area contributed by atoms with Gasteiger partial charge in [0.2, 0.25) is 5.91 Å². The van der Waals surface area contributed by atoms with Gasteiger partial charge < -0.3 is 20.5 Å². The van der Waals surface area contributed by atoms with Crippen molar-refractivity contribution in [2.24, 2.45) is 0 Å². The molecular formula is C20H29N3O4. The van der Waals surface area contributed by atoms with Crippen molar-refractivity contribution in [3.8, 4) is 0 Å². The second kappa shape index (κ2) is 9.30. The predicted molar refractivity (Wildman–Crippen MR) is 103 cm³/mol. The van der Waals surface area contributed by atoms with Crippen LogP contribution in [0.5, 0.6) is 0 Å². The molecule has 1 atom stereocenters. The lowest BCUT2D eigenvalue weighted by atomic mass is 9.97. The third-order valence-corrected chi connectivity index (χ3v) is 5.36. The summed E-state index contributed by atoms with van der Waals surface area (Å²) >= 11 is 0. The smallest absolute Gasteiger partial charge is 0.304 e. The van der Waals surface area contributed by atoms with Gasteiger partial charge in [0.1, 0.15) is 6.61 Å². The number of aliphatic carboxylic acids is 1. The van der Waals surface area contributed by atoms with E-state index in [0.717, 1.165) is 50.1 Å². The molecule has 0 bridgehead atoms. The Labute approximate surface area is 160 Å². The summed E-state index contributed by atoms with van der Waals surface area (Å²) in [5.74, 6) is -0.913. The van der Waals surface area contributed by atoms with Crippen molar-refractivity contribution in [2.75, 3.05) is 31.6 Å². The number of nitrogens with zero attached hydrogens (tertiary/aromatic N) is 1. The Morgan fingerprint density at radius 3 is 2.85 bits per heavy atom. The fourth-order valence-electron chi connectivity index (χ4n) is 3.77. The highest BCUT2D eigenvalue weighted by Crippen LogP contribution is 2.24. The number of carbonyl (C=O) groups excluding carboxylic acids is 1. The maximum absolute atomic E-state index is 12.2. The van der Waals surface area contributed by atoms with E-state index in [1.165, 1.54) is 5.56 Å². The molecule has 2 heterocycles. The van der Waals surface area contributed by atoms with E-state index in [4.69, 9.17) is 9.84 Å². The lowest BCUT2D eigenvalue weighted by Crippen LogP contribution is -2.38. The zero-order valence-electron chi connectivity index (χ0n) is 15.9. The number of amides is 1. The number of benzene rings is 1. The topological polar surface area (TPSA) is 90.9 Å². The number of carboxylic acids is 1. The Morgan fingerprint density at radius 1 is 1.33 bits per heavy atom. The standard InChI is InChI=1S/C20H29N3O4/c1-14(10-20(25)26)23-9-6-15-2-3-17(11-16(15)12-23)22-19(24)13-27-18-4-7-21-8-5-18/h2-3,11,14,18,21H,4-10,12-13H2,1H3,(H,22,24)(H,25,26). The Balaban J connectivity index is 1.54. The molecule has 27 heavy (non-hydrogen) atoms. The van der Waals surface area contributed by atoms with E-state index in [1.807, 2.05) is 19.1 Å². The number of carbonyl (C=O) groups is 2. The first-order valence-corrected chi connectivity index (χ1v) is 9.71. The summed E-state index contributed by atoms with van der Waals surface area (Å²) < 4.78 is 5.70. The molecule has 1 amide bonds. The molecule has 1 aromatic carbocycles. The van der Waals surface area contributed by atoms with Crippen LogP contribution in [0.4, 0.5) is 5.69 Å². The van der Waals surface area contributed by atoms with Crippen LogP contribution in [-0.4, -0.2) is 60.3 Å². The fraction of sp³-hybridized carbons (Fsp3) is 0.600. The highest BCUT2D eigenvalue weighted by Gasteiger charge is 2.22. The predicted octanol–water partition coefficient (Wildman–Crippen LogP) is 1.62. The van der Waals surface area contributed by atoms with Crippen molar-refractivity contribution >= 4 is 17.6 Å². The van der Waals surface area contributed by atoms with Crippen LogP contribution in [0.25, 0.3) is 0 Å². The summed E-state index contributed by atoms with van der Waals surface area (Å²) in [7, 11) is 0. The lowest BCUT2D eigenvalue weighted by Gasteiger charge is -2.33. The molecule has 0 saturated carbocycles. The molecule has 0 aliphatic carbocycles. The number of nitrogens with one attached hydrogen (secondary N) is 2. The number of ether oxygens (including phenoxy) is 1. The van der Waals surface area contributed by atoms with Gasteiger partial charge >= 0.3 is 5.97 Å². The van der Waals surface area contributed by atoms with Gasteiger partial charge in [-0.05, 0) is 62.5 Å². The number of fused-ring (bicyclic) bond motifs is 1. The van der Waals surface area contributed by atoms with E-state index >= 15 is 0 Å². The summed E-state index contributed by atoms with van der Waals surface area (Å²) in [5.41, 5.74) is 3.17. The highest BCUT2D eigenvalue weighted by atomic mass is 16.5. The van der Waals surface area contributed by atoms with Crippen molar-refractivity contribution in [2.45, 2.75) is 51.3 Å².